The molecule has 1 aromatic rings. The number of nitrogens with zero attached hydrogens (tertiary/aromatic N) is 2. The smallest absolute Gasteiger partial charge is 0.186 e. The second-order valence-electron chi connectivity index (χ2n) is 5.20. The highest BCUT2D eigenvalue weighted by Gasteiger charge is 2.30. The van der Waals surface area contributed by atoms with Gasteiger partial charge in [0.05, 0.1) is 0 Å². The van der Waals surface area contributed by atoms with Crippen LogP contribution < -0.4 is 0 Å². The summed E-state index contributed by atoms with van der Waals surface area (Å²) in [5.41, 5.74) is 0.634. The minimum atomic E-state index is 0.195. The van der Waals surface area contributed by atoms with Crippen LogP contribution in [0.2, 0.25) is 0 Å². The molecule has 0 aliphatic heterocycles. The van der Waals surface area contributed by atoms with Crippen molar-refractivity contribution in [2.75, 3.05) is 0 Å². The number of carbonyl (C=O) groups excluding carboxylic acids is 1. The minimum absolute atomic E-state index is 0.195. The van der Waals surface area contributed by atoms with Crippen LogP contribution >= 0.6 is 0 Å². The molecule has 1 fully saturated rings. The number of carbonyl (C=O) groups is 1. The molecule has 3 unspecified atom stereocenters. The molecular formula is C13H20N2O. The monoisotopic (exact) mass is 220 g/mol. The molecular weight excluding hydrogens is 200 g/mol. The van der Waals surface area contributed by atoms with Gasteiger partial charge in [-0.2, -0.15) is 5.10 Å². The van der Waals surface area contributed by atoms with Crippen molar-refractivity contribution in [3.63, 3.8) is 0 Å². The average Bonchev–Trinajstić information content (AvgIpc) is 2.68. The number of Topliss-reactive ketones (excluding diaryl/α,β-unsaturated/α-hetero) is 1. The maximum absolute atomic E-state index is 12.2. The molecule has 1 aliphatic carbocycles. The van der Waals surface area contributed by atoms with E-state index in [-0.39, 0.29) is 11.7 Å². The zero-order valence-corrected chi connectivity index (χ0v) is 10.3. The molecule has 88 valence electrons. The van der Waals surface area contributed by atoms with E-state index in [9.17, 15) is 4.79 Å². The van der Waals surface area contributed by atoms with E-state index in [0.717, 1.165) is 18.8 Å². The Bertz CT molecular complexity index is 383. The first kappa shape index (κ1) is 11.4. The highest BCUT2D eigenvalue weighted by Crippen LogP contribution is 2.34. The molecule has 3 atom stereocenters. The third kappa shape index (κ3) is 2.18. The maximum Gasteiger partial charge on any atom is 0.186 e. The van der Waals surface area contributed by atoms with E-state index in [1.807, 2.05) is 19.3 Å². The molecule has 0 amide bonds. The molecule has 0 bridgehead atoms. The summed E-state index contributed by atoms with van der Waals surface area (Å²) in [5, 5.41) is 4.20. The van der Waals surface area contributed by atoms with Gasteiger partial charge in [-0.1, -0.05) is 13.8 Å². The van der Waals surface area contributed by atoms with Crippen molar-refractivity contribution >= 4 is 5.78 Å². The van der Waals surface area contributed by atoms with E-state index in [1.165, 1.54) is 6.42 Å². The van der Waals surface area contributed by atoms with Crippen molar-refractivity contribution in [1.82, 2.24) is 9.78 Å². The highest BCUT2D eigenvalue weighted by molar-refractivity contribution is 5.96. The lowest BCUT2D eigenvalue weighted by atomic mass is 9.74. The molecule has 1 heterocycles. The first-order chi connectivity index (χ1) is 7.58. The van der Waals surface area contributed by atoms with Crippen LogP contribution in [0.1, 0.15) is 43.6 Å². The van der Waals surface area contributed by atoms with E-state index in [4.69, 9.17) is 0 Å². The Kier molecular flexibility index (Phi) is 3.13. The van der Waals surface area contributed by atoms with Gasteiger partial charge in [0, 0.05) is 19.2 Å². The lowest BCUT2D eigenvalue weighted by molar-refractivity contribution is 0.0831. The SMILES string of the molecule is CC1CCC(C(=O)c2ccn(C)n2)CC1C. The van der Waals surface area contributed by atoms with E-state index >= 15 is 0 Å². The van der Waals surface area contributed by atoms with Crippen LogP contribution in [0.3, 0.4) is 0 Å². The lowest BCUT2D eigenvalue weighted by Gasteiger charge is -2.30. The van der Waals surface area contributed by atoms with Crippen LogP contribution in [-0.2, 0) is 7.05 Å². The van der Waals surface area contributed by atoms with Gasteiger partial charge in [0.1, 0.15) is 5.69 Å². The molecule has 0 spiro atoms. The average molecular weight is 220 g/mol. The summed E-state index contributed by atoms with van der Waals surface area (Å²) in [7, 11) is 1.85. The normalized spacial score (nSPS) is 30.3. The predicted octanol–water partition coefficient (Wildman–Crippen LogP) is 2.68. The summed E-state index contributed by atoms with van der Waals surface area (Å²) < 4.78 is 1.70. The van der Waals surface area contributed by atoms with E-state index in [0.29, 0.717) is 11.6 Å². The summed E-state index contributed by atoms with van der Waals surface area (Å²) in [5.74, 6) is 1.85. The van der Waals surface area contributed by atoms with Crippen molar-refractivity contribution in [3.05, 3.63) is 18.0 Å². The number of hydrogen-bond acceptors (Lipinski definition) is 2. The Hall–Kier alpha value is -1.12. The molecule has 2 rings (SSSR count). The van der Waals surface area contributed by atoms with Crippen LogP contribution in [0, 0.1) is 17.8 Å². The molecule has 3 nitrogen and oxygen atoms in total. The molecule has 3 heteroatoms. The van der Waals surface area contributed by atoms with Crippen molar-refractivity contribution in [2.45, 2.75) is 33.1 Å². The third-order valence-electron chi connectivity index (χ3n) is 3.94. The predicted molar refractivity (Wildman–Crippen MR) is 63.2 cm³/mol. The standard InChI is InChI=1S/C13H20N2O/c1-9-4-5-11(8-10(9)2)13(16)12-6-7-15(3)14-12/h6-7,9-11H,4-5,8H2,1-3H3. The zero-order valence-electron chi connectivity index (χ0n) is 10.3. The molecule has 0 radical (unpaired) electrons. The van der Waals surface area contributed by atoms with Gasteiger partial charge in [0.2, 0.25) is 0 Å². The molecule has 1 aliphatic rings. The number of hydrogen-bond donors (Lipinski definition) is 0. The first-order valence-corrected chi connectivity index (χ1v) is 6.11. The van der Waals surface area contributed by atoms with Gasteiger partial charge in [-0.15, -0.1) is 0 Å². The van der Waals surface area contributed by atoms with Gasteiger partial charge in [-0.25, -0.2) is 0 Å². The molecule has 16 heavy (non-hydrogen) atoms. The second kappa shape index (κ2) is 4.40. The lowest BCUT2D eigenvalue weighted by Crippen LogP contribution is -2.26. The molecule has 0 aromatic carbocycles. The van der Waals surface area contributed by atoms with Gasteiger partial charge in [-0.3, -0.25) is 9.48 Å². The van der Waals surface area contributed by atoms with Crippen LogP contribution in [-0.4, -0.2) is 15.6 Å². The van der Waals surface area contributed by atoms with Crippen molar-refractivity contribution in [1.29, 1.82) is 0 Å². The number of rotatable bonds is 2. The van der Waals surface area contributed by atoms with Crippen molar-refractivity contribution < 1.29 is 4.79 Å². The van der Waals surface area contributed by atoms with Gasteiger partial charge in [0.25, 0.3) is 0 Å². The Morgan fingerprint density at radius 1 is 1.38 bits per heavy atom. The second-order valence-corrected chi connectivity index (χ2v) is 5.20. The number of aromatic nitrogens is 2. The molecule has 1 saturated carbocycles. The van der Waals surface area contributed by atoms with E-state index in [1.54, 1.807) is 4.68 Å². The molecule has 1 aromatic heterocycles. The summed E-state index contributed by atoms with van der Waals surface area (Å²) in [6.45, 7) is 4.54. The summed E-state index contributed by atoms with van der Waals surface area (Å²) in [6.07, 6.45) is 5.06. The Morgan fingerprint density at radius 3 is 2.69 bits per heavy atom. The van der Waals surface area contributed by atoms with Gasteiger partial charge < -0.3 is 0 Å². The fourth-order valence-electron chi connectivity index (χ4n) is 2.54. The Labute approximate surface area is 96.8 Å². The maximum atomic E-state index is 12.2. The Morgan fingerprint density at radius 2 is 2.12 bits per heavy atom. The number of aryl methyl sites for hydroxylation is 1. The van der Waals surface area contributed by atoms with Crippen molar-refractivity contribution in [2.24, 2.45) is 24.8 Å². The van der Waals surface area contributed by atoms with Crippen LogP contribution in [0.25, 0.3) is 0 Å². The third-order valence-corrected chi connectivity index (χ3v) is 3.94. The quantitative estimate of drug-likeness (QED) is 0.718. The van der Waals surface area contributed by atoms with Gasteiger partial charge in [0.15, 0.2) is 5.78 Å². The summed E-state index contributed by atoms with van der Waals surface area (Å²) in [4.78, 5) is 12.2. The van der Waals surface area contributed by atoms with Crippen LogP contribution in [0.5, 0.6) is 0 Å². The topological polar surface area (TPSA) is 34.9 Å². The number of ketones is 1. The molecule has 0 N–H and O–H groups in total. The van der Waals surface area contributed by atoms with Crippen molar-refractivity contribution in [3.8, 4) is 0 Å². The summed E-state index contributed by atoms with van der Waals surface area (Å²) in [6, 6.07) is 1.82. The van der Waals surface area contributed by atoms with E-state index < -0.39 is 0 Å². The fraction of sp³-hybridized carbons (Fsp3) is 0.692. The first-order valence-electron chi connectivity index (χ1n) is 6.11. The largest absolute Gasteiger partial charge is 0.292 e. The van der Waals surface area contributed by atoms with Crippen LogP contribution in [0.15, 0.2) is 12.3 Å². The Balaban J connectivity index is 2.06. The zero-order chi connectivity index (χ0) is 11.7. The van der Waals surface area contributed by atoms with E-state index in [2.05, 4.69) is 18.9 Å². The van der Waals surface area contributed by atoms with Gasteiger partial charge in [-0.05, 0) is 37.2 Å². The highest BCUT2D eigenvalue weighted by atomic mass is 16.1. The fourth-order valence-corrected chi connectivity index (χ4v) is 2.54. The van der Waals surface area contributed by atoms with Gasteiger partial charge >= 0.3 is 0 Å². The summed E-state index contributed by atoms with van der Waals surface area (Å²) >= 11 is 0. The minimum Gasteiger partial charge on any atom is -0.292 e. The van der Waals surface area contributed by atoms with Crippen LogP contribution in [0.4, 0.5) is 0 Å². The molecule has 0 saturated heterocycles.